The maximum atomic E-state index is 9.00. The average Bonchev–Trinajstić information content (AvgIpc) is 1.25. The summed E-state index contributed by atoms with van der Waals surface area (Å²) in [6, 6.07) is 0. The van der Waals surface area contributed by atoms with Gasteiger partial charge in [0, 0.05) is 33.3 Å². The predicted octanol–water partition coefficient (Wildman–Crippen LogP) is -5.59. The number of carboxylic acids is 2. The Hall–Kier alpha value is -0.717. The van der Waals surface area contributed by atoms with Gasteiger partial charge >= 0.3 is 0 Å². The van der Waals surface area contributed by atoms with Crippen molar-refractivity contribution in [3.8, 4) is 0 Å². The zero-order chi connectivity index (χ0) is 7.15. The Balaban J connectivity index is -0.00000000375. The van der Waals surface area contributed by atoms with E-state index in [2.05, 4.69) is 0 Å². The minimum Gasteiger partial charge on any atom is -0.481 e. The Bertz CT molecular complexity index is 76.0. The SMILES string of the molecule is CC(=O)O.CC(=O)O.O.O.O.O.O.O.O.[Zn]. The van der Waals surface area contributed by atoms with E-state index in [9.17, 15) is 0 Å². The molecule has 0 saturated carbocycles. The molecule has 0 aliphatic heterocycles. The summed E-state index contributed by atoms with van der Waals surface area (Å²) >= 11 is 0. The largest absolute Gasteiger partial charge is 0.481 e. The van der Waals surface area contributed by atoms with Crippen molar-refractivity contribution in [1.82, 2.24) is 0 Å². The van der Waals surface area contributed by atoms with Crippen LogP contribution in [-0.4, -0.2) is 60.5 Å². The van der Waals surface area contributed by atoms with Crippen LogP contribution in [0.5, 0.6) is 0 Å². The summed E-state index contributed by atoms with van der Waals surface area (Å²) in [7, 11) is 0. The molecule has 0 saturated heterocycles. The second-order valence-electron chi connectivity index (χ2n) is 1.04. The van der Waals surface area contributed by atoms with Crippen molar-refractivity contribution in [3.63, 3.8) is 0 Å². The molecular weight excluding hydrogens is 289 g/mol. The number of hydrogen-bond acceptors (Lipinski definition) is 2. The number of carbonyl (C=O) groups is 2. The second kappa shape index (κ2) is 90.3. The summed E-state index contributed by atoms with van der Waals surface area (Å²) in [6.45, 7) is 2.17. The molecule has 0 rings (SSSR count). The van der Waals surface area contributed by atoms with Crippen molar-refractivity contribution < 1.29 is 77.6 Å². The molecule has 0 aromatic rings. The van der Waals surface area contributed by atoms with Gasteiger partial charge in [-0.15, -0.1) is 0 Å². The van der Waals surface area contributed by atoms with Crippen molar-refractivity contribution >= 4 is 11.9 Å². The molecule has 16 N–H and O–H groups in total. The first-order valence-electron chi connectivity index (χ1n) is 1.86. The van der Waals surface area contributed by atoms with E-state index in [0.717, 1.165) is 13.8 Å². The van der Waals surface area contributed by atoms with Gasteiger partial charge in [0.1, 0.15) is 0 Å². The molecule has 0 fully saturated rings. The first-order valence-corrected chi connectivity index (χ1v) is 1.86. The van der Waals surface area contributed by atoms with Crippen LogP contribution in [0.4, 0.5) is 0 Å². The van der Waals surface area contributed by atoms with Crippen LogP contribution in [0.1, 0.15) is 13.8 Å². The third kappa shape index (κ3) is 3900. The van der Waals surface area contributed by atoms with E-state index in [0.29, 0.717) is 0 Å². The zero-order valence-corrected chi connectivity index (χ0v) is 11.9. The summed E-state index contributed by atoms with van der Waals surface area (Å²) in [5, 5.41) is 14.8. The van der Waals surface area contributed by atoms with E-state index in [-0.39, 0.29) is 57.8 Å². The molecule has 11 nitrogen and oxygen atoms in total. The first kappa shape index (κ1) is 112. The summed E-state index contributed by atoms with van der Waals surface area (Å²) in [5.41, 5.74) is 0. The van der Waals surface area contributed by atoms with Crippen molar-refractivity contribution in [1.29, 1.82) is 0 Å². The average molecular weight is 312 g/mol. The maximum absolute atomic E-state index is 9.00. The summed E-state index contributed by atoms with van der Waals surface area (Å²) in [5.74, 6) is -1.67. The molecule has 0 unspecified atom stereocenters. The molecule has 0 amide bonds. The molecule has 0 bridgehead atoms. The van der Waals surface area contributed by atoms with E-state index in [1.165, 1.54) is 0 Å². The minimum atomic E-state index is -0.833. The molecule has 0 aromatic heterocycles. The molecule has 0 spiro atoms. The van der Waals surface area contributed by atoms with Gasteiger partial charge in [0.25, 0.3) is 11.9 Å². The number of aliphatic carboxylic acids is 2. The molecule has 0 radical (unpaired) electrons. The van der Waals surface area contributed by atoms with E-state index >= 15 is 0 Å². The molecule has 0 heterocycles. The molecule has 0 aliphatic rings. The molecule has 0 aromatic carbocycles. The maximum Gasteiger partial charge on any atom is 0.300 e. The van der Waals surface area contributed by atoms with Gasteiger partial charge < -0.3 is 48.5 Å². The Morgan fingerprint density at radius 1 is 0.625 bits per heavy atom. The fourth-order valence-corrected chi connectivity index (χ4v) is 0. The van der Waals surface area contributed by atoms with Gasteiger partial charge in [0.15, 0.2) is 0 Å². The van der Waals surface area contributed by atoms with Gasteiger partial charge in [-0.2, -0.15) is 0 Å². The van der Waals surface area contributed by atoms with E-state index in [1.807, 2.05) is 0 Å². The summed E-state index contributed by atoms with van der Waals surface area (Å²) in [6.07, 6.45) is 0. The van der Waals surface area contributed by atoms with E-state index in [4.69, 9.17) is 19.8 Å². The molecule has 16 heavy (non-hydrogen) atoms. The zero-order valence-electron chi connectivity index (χ0n) is 8.92. The number of hydrogen-bond donors (Lipinski definition) is 2. The molecule has 0 aliphatic carbocycles. The van der Waals surface area contributed by atoms with Gasteiger partial charge in [-0.3, -0.25) is 9.59 Å². The van der Waals surface area contributed by atoms with Crippen molar-refractivity contribution in [2.24, 2.45) is 0 Å². The van der Waals surface area contributed by atoms with Gasteiger partial charge in [-0.05, 0) is 0 Å². The third-order valence-corrected chi connectivity index (χ3v) is 0. The van der Waals surface area contributed by atoms with Crippen LogP contribution in [0.15, 0.2) is 0 Å². The van der Waals surface area contributed by atoms with Crippen LogP contribution in [0.25, 0.3) is 0 Å². The Labute approximate surface area is 104 Å². The van der Waals surface area contributed by atoms with Crippen LogP contribution in [0, 0.1) is 0 Å². The molecular formula is C4H22O11Zn. The van der Waals surface area contributed by atoms with Gasteiger partial charge in [0.2, 0.25) is 0 Å². The van der Waals surface area contributed by atoms with Crippen LogP contribution < -0.4 is 0 Å². The third-order valence-electron chi connectivity index (χ3n) is 0. The van der Waals surface area contributed by atoms with Crippen LogP contribution in [0.3, 0.4) is 0 Å². The fraction of sp³-hybridized carbons (Fsp3) is 0.500. The quantitative estimate of drug-likeness (QED) is 0.413. The van der Waals surface area contributed by atoms with Crippen molar-refractivity contribution in [2.75, 3.05) is 0 Å². The summed E-state index contributed by atoms with van der Waals surface area (Å²) in [4.78, 5) is 18.0. The first-order chi connectivity index (χ1) is 3.46. The Morgan fingerprint density at radius 3 is 0.625 bits per heavy atom. The molecule has 0 atom stereocenters. The van der Waals surface area contributed by atoms with Crippen molar-refractivity contribution in [3.05, 3.63) is 0 Å². The van der Waals surface area contributed by atoms with Gasteiger partial charge in [-0.25, -0.2) is 0 Å². The molecule has 12 heteroatoms. The standard InChI is InChI=1S/2C2H4O2.7H2O.Zn/c2*1-2(3)4;;;;;;;;/h2*1H3,(H,3,4);7*1H2;. The second-order valence-corrected chi connectivity index (χ2v) is 1.04. The topological polar surface area (TPSA) is 295 Å². The monoisotopic (exact) mass is 310 g/mol. The minimum absolute atomic E-state index is 0. The summed E-state index contributed by atoms with van der Waals surface area (Å²) < 4.78 is 0. The predicted molar refractivity (Wildman–Crippen MR) is 51.9 cm³/mol. The van der Waals surface area contributed by atoms with E-state index < -0.39 is 11.9 Å². The fourth-order valence-electron chi connectivity index (χ4n) is 0. The van der Waals surface area contributed by atoms with Crippen molar-refractivity contribution in [2.45, 2.75) is 13.8 Å². The van der Waals surface area contributed by atoms with Crippen LogP contribution in [0.2, 0.25) is 0 Å². The van der Waals surface area contributed by atoms with Crippen LogP contribution in [-0.2, 0) is 29.1 Å². The Morgan fingerprint density at radius 2 is 0.625 bits per heavy atom. The van der Waals surface area contributed by atoms with Gasteiger partial charge in [0.05, 0.1) is 0 Å². The smallest absolute Gasteiger partial charge is 0.300 e. The van der Waals surface area contributed by atoms with Gasteiger partial charge in [-0.1, -0.05) is 0 Å². The Kier molecular flexibility index (Phi) is 630. The normalized spacial score (nSPS) is 3.12. The molecule has 106 valence electrons. The number of carboxylic acid groups (broad SMARTS) is 2. The number of rotatable bonds is 0. The van der Waals surface area contributed by atoms with Crippen LogP contribution >= 0.6 is 0 Å². The van der Waals surface area contributed by atoms with E-state index in [1.54, 1.807) is 0 Å².